The molecule has 0 spiro atoms. The van der Waals surface area contributed by atoms with Crippen molar-refractivity contribution in [2.24, 2.45) is 0 Å². The van der Waals surface area contributed by atoms with Gasteiger partial charge in [0.2, 0.25) is 0 Å². The number of rotatable bonds is 3. The van der Waals surface area contributed by atoms with Gasteiger partial charge in [0, 0.05) is 0 Å². The topological polar surface area (TPSA) is 29.5 Å². The van der Waals surface area contributed by atoms with Gasteiger partial charge in [0.15, 0.2) is 0 Å². The van der Waals surface area contributed by atoms with Crippen LogP contribution in [-0.2, 0) is 4.74 Å². The van der Waals surface area contributed by atoms with Crippen molar-refractivity contribution in [1.29, 1.82) is 0 Å². The van der Waals surface area contributed by atoms with Gasteiger partial charge in [-0.1, -0.05) is 30.3 Å². The van der Waals surface area contributed by atoms with Crippen molar-refractivity contribution in [3.63, 3.8) is 0 Å². The predicted octanol–water partition coefficient (Wildman–Crippen LogP) is 2.68. The molecular weight excluding hydrogens is 188 g/mol. The van der Waals surface area contributed by atoms with Gasteiger partial charge < -0.3 is 9.84 Å². The molecule has 1 aromatic rings. The van der Waals surface area contributed by atoms with E-state index in [0.29, 0.717) is 5.92 Å². The van der Waals surface area contributed by atoms with Crippen molar-refractivity contribution in [1.82, 2.24) is 0 Å². The molecule has 2 rings (SSSR count). The van der Waals surface area contributed by atoms with E-state index in [1.165, 1.54) is 18.4 Å². The Morgan fingerprint density at radius 2 is 1.73 bits per heavy atom. The Labute approximate surface area is 90.9 Å². The van der Waals surface area contributed by atoms with Crippen molar-refractivity contribution < 1.29 is 9.84 Å². The largest absolute Gasteiger partial charge is 0.371 e. The molecule has 15 heavy (non-hydrogen) atoms. The Kier molecular flexibility index (Phi) is 3.75. The first-order valence-electron chi connectivity index (χ1n) is 5.67. The third kappa shape index (κ3) is 2.80. The van der Waals surface area contributed by atoms with Gasteiger partial charge in [-0.2, -0.15) is 0 Å². The van der Waals surface area contributed by atoms with Gasteiger partial charge in [0.1, 0.15) is 6.79 Å². The quantitative estimate of drug-likeness (QED) is 0.770. The van der Waals surface area contributed by atoms with Crippen LogP contribution in [0.15, 0.2) is 30.3 Å². The molecular formula is C13H18O2. The average molecular weight is 206 g/mol. The van der Waals surface area contributed by atoms with Crippen molar-refractivity contribution in [2.45, 2.75) is 37.7 Å². The van der Waals surface area contributed by atoms with E-state index in [-0.39, 0.29) is 12.9 Å². The third-order valence-corrected chi connectivity index (χ3v) is 3.26. The van der Waals surface area contributed by atoms with Crippen molar-refractivity contribution in [2.75, 3.05) is 6.79 Å². The van der Waals surface area contributed by atoms with E-state index in [4.69, 9.17) is 9.84 Å². The van der Waals surface area contributed by atoms with Crippen molar-refractivity contribution in [3.8, 4) is 0 Å². The van der Waals surface area contributed by atoms with Crippen LogP contribution < -0.4 is 0 Å². The monoisotopic (exact) mass is 206 g/mol. The summed E-state index contributed by atoms with van der Waals surface area (Å²) >= 11 is 0. The second-order valence-electron chi connectivity index (χ2n) is 4.18. The van der Waals surface area contributed by atoms with E-state index in [0.717, 1.165) is 12.8 Å². The lowest BCUT2D eigenvalue weighted by Crippen LogP contribution is -2.21. The van der Waals surface area contributed by atoms with Gasteiger partial charge in [-0.05, 0) is 37.2 Å². The minimum atomic E-state index is -0.138. The van der Waals surface area contributed by atoms with Crippen LogP contribution in [0.25, 0.3) is 0 Å². The normalized spacial score (nSPS) is 26.5. The molecule has 1 aromatic carbocycles. The van der Waals surface area contributed by atoms with Gasteiger partial charge in [-0.3, -0.25) is 0 Å². The summed E-state index contributed by atoms with van der Waals surface area (Å²) in [6.45, 7) is -0.138. The number of ether oxygens (including phenoxy) is 1. The van der Waals surface area contributed by atoms with Crippen LogP contribution >= 0.6 is 0 Å². The van der Waals surface area contributed by atoms with Crippen LogP contribution in [-0.4, -0.2) is 18.0 Å². The molecule has 1 aliphatic rings. The summed E-state index contributed by atoms with van der Waals surface area (Å²) in [5.41, 5.74) is 1.44. The minimum absolute atomic E-state index is 0.138. The third-order valence-electron chi connectivity index (χ3n) is 3.26. The molecule has 2 heteroatoms. The fraction of sp³-hybridized carbons (Fsp3) is 0.538. The van der Waals surface area contributed by atoms with Crippen LogP contribution in [0.5, 0.6) is 0 Å². The fourth-order valence-electron chi connectivity index (χ4n) is 2.39. The highest BCUT2D eigenvalue weighted by molar-refractivity contribution is 5.19. The molecule has 1 N–H and O–H groups in total. The molecule has 1 saturated carbocycles. The Morgan fingerprint density at radius 3 is 2.33 bits per heavy atom. The molecule has 0 bridgehead atoms. The van der Waals surface area contributed by atoms with Gasteiger partial charge >= 0.3 is 0 Å². The second kappa shape index (κ2) is 5.29. The number of benzene rings is 1. The number of aliphatic hydroxyl groups is 1. The highest BCUT2D eigenvalue weighted by atomic mass is 16.6. The summed E-state index contributed by atoms with van der Waals surface area (Å²) in [6.07, 6.45) is 4.76. The molecule has 0 aliphatic heterocycles. The summed E-state index contributed by atoms with van der Waals surface area (Å²) in [5.74, 6) is 0.685. The Balaban J connectivity index is 1.88. The van der Waals surface area contributed by atoms with Crippen LogP contribution in [0.4, 0.5) is 0 Å². The molecule has 2 nitrogen and oxygen atoms in total. The molecule has 1 fully saturated rings. The molecule has 0 aromatic heterocycles. The summed E-state index contributed by atoms with van der Waals surface area (Å²) < 4.78 is 5.22. The van der Waals surface area contributed by atoms with Gasteiger partial charge in [0.25, 0.3) is 0 Å². The number of hydrogen-bond donors (Lipinski definition) is 1. The maximum atomic E-state index is 8.68. The first-order chi connectivity index (χ1) is 7.40. The molecule has 1 aliphatic carbocycles. The number of aliphatic hydroxyl groups excluding tert-OH is 1. The average Bonchev–Trinajstić information content (AvgIpc) is 2.32. The van der Waals surface area contributed by atoms with Crippen LogP contribution in [0, 0.1) is 0 Å². The minimum Gasteiger partial charge on any atom is -0.371 e. The van der Waals surface area contributed by atoms with Crippen LogP contribution in [0.2, 0.25) is 0 Å². The maximum Gasteiger partial charge on any atom is 0.143 e. The summed E-state index contributed by atoms with van der Waals surface area (Å²) in [6, 6.07) is 10.7. The molecule has 0 unspecified atom stereocenters. The fourth-order valence-corrected chi connectivity index (χ4v) is 2.39. The Bertz CT molecular complexity index is 276. The van der Waals surface area contributed by atoms with Gasteiger partial charge in [-0.25, -0.2) is 0 Å². The second-order valence-corrected chi connectivity index (χ2v) is 4.18. The molecule has 0 heterocycles. The predicted molar refractivity (Wildman–Crippen MR) is 59.6 cm³/mol. The lowest BCUT2D eigenvalue weighted by Gasteiger charge is -2.28. The van der Waals surface area contributed by atoms with Gasteiger partial charge in [0.05, 0.1) is 6.10 Å². The van der Waals surface area contributed by atoms with E-state index in [9.17, 15) is 0 Å². The van der Waals surface area contributed by atoms with E-state index >= 15 is 0 Å². The number of hydrogen-bond acceptors (Lipinski definition) is 2. The Morgan fingerprint density at radius 1 is 1.07 bits per heavy atom. The smallest absolute Gasteiger partial charge is 0.143 e. The van der Waals surface area contributed by atoms with Gasteiger partial charge in [-0.15, -0.1) is 0 Å². The SMILES string of the molecule is OCOC1CCC(c2ccccc2)CC1. The molecule has 0 amide bonds. The zero-order valence-electron chi connectivity index (χ0n) is 8.93. The van der Waals surface area contributed by atoms with Crippen LogP contribution in [0.1, 0.15) is 37.2 Å². The standard InChI is InChI=1S/C13H18O2/c14-10-15-13-8-6-12(7-9-13)11-4-2-1-3-5-11/h1-5,12-14H,6-10H2. The summed E-state index contributed by atoms with van der Waals surface area (Å²) in [7, 11) is 0. The molecule has 0 saturated heterocycles. The highest BCUT2D eigenvalue weighted by Crippen LogP contribution is 2.33. The summed E-state index contributed by atoms with van der Waals surface area (Å²) in [5, 5.41) is 8.68. The maximum absolute atomic E-state index is 8.68. The lowest BCUT2D eigenvalue weighted by molar-refractivity contribution is -0.0640. The summed E-state index contributed by atoms with van der Waals surface area (Å²) in [4.78, 5) is 0. The zero-order valence-corrected chi connectivity index (χ0v) is 8.93. The molecule has 0 radical (unpaired) electrons. The highest BCUT2D eigenvalue weighted by Gasteiger charge is 2.22. The Hall–Kier alpha value is -0.860. The van der Waals surface area contributed by atoms with E-state index in [1.54, 1.807) is 0 Å². The lowest BCUT2D eigenvalue weighted by atomic mass is 9.83. The first-order valence-corrected chi connectivity index (χ1v) is 5.67. The molecule has 82 valence electrons. The van der Waals surface area contributed by atoms with Crippen LogP contribution in [0.3, 0.4) is 0 Å². The van der Waals surface area contributed by atoms with Crippen molar-refractivity contribution in [3.05, 3.63) is 35.9 Å². The van der Waals surface area contributed by atoms with Crippen molar-refractivity contribution >= 4 is 0 Å². The molecule has 0 atom stereocenters. The van der Waals surface area contributed by atoms with E-state index < -0.39 is 0 Å². The zero-order chi connectivity index (χ0) is 10.5. The van der Waals surface area contributed by atoms with E-state index in [2.05, 4.69) is 30.3 Å². The first kappa shape index (κ1) is 10.7. The van der Waals surface area contributed by atoms with E-state index in [1.807, 2.05) is 0 Å².